The summed E-state index contributed by atoms with van der Waals surface area (Å²) in [6, 6.07) is 3.30. The summed E-state index contributed by atoms with van der Waals surface area (Å²) in [5.41, 5.74) is -1.99. The maximum absolute atomic E-state index is 11.9. The molecule has 2 unspecified atom stereocenters. The van der Waals surface area contributed by atoms with Crippen LogP contribution >= 0.6 is 15.9 Å². The van der Waals surface area contributed by atoms with E-state index in [1.54, 1.807) is 39.8 Å². The first-order valence-electron chi connectivity index (χ1n) is 5.75. The van der Waals surface area contributed by atoms with Gasteiger partial charge in [0.1, 0.15) is 17.0 Å². The number of esters is 1. The molecule has 0 bridgehead atoms. The molecule has 0 aliphatic heterocycles. The predicted molar refractivity (Wildman–Crippen MR) is 71.0 cm³/mol. The number of carbonyl (C=O) groups is 1. The number of rotatable bonds is 3. The third-order valence-electron chi connectivity index (χ3n) is 2.68. The van der Waals surface area contributed by atoms with Crippen molar-refractivity contribution in [3.63, 3.8) is 0 Å². The number of hydrogen-bond donors (Lipinski definition) is 1. The van der Waals surface area contributed by atoms with Crippen molar-refractivity contribution in [2.45, 2.75) is 45.8 Å². The summed E-state index contributed by atoms with van der Waals surface area (Å²) in [7, 11) is 0. The molecule has 0 spiro atoms. The lowest BCUT2D eigenvalue weighted by molar-refractivity contribution is -0.169. The van der Waals surface area contributed by atoms with Crippen LogP contribution in [0.5, 0.6) is 0 Å². The molecular weight excluding hydrogens is 300 g/mol. The Morgan fingerprint density at radius 3 is 2.33 bits per heavy atom. The Bertz CT molecular complexity index is 428. The van der Waals surface area contributed by atoms with Crippen molar-refractivity contribution in [3.05, 3.63) is 22.6 Å². The van der Waals surface area contributed by atoms with Crippen LogP contribution in [0.1, 0.15) is 40.4 Å². The second kappa shape index (κ2) is 5.05. The van der Waals surface area contributed by atoms with Gasteiger partial charge in [0.2, 0.25) is 0 Å². The Hall–Kier alpha value is -0.810. The number of aliphatic hydroxyl groups is 1. The van der Waals surface area contributed by atoms with Gasteiger partial charge >= 0.3 is 5.97 Å². The van der Waals surface area contributed by atoms with Gasteiger partial charge in [-0.05, 0) is 62.7 Å². The number of ether oxygens (including phenoxy) is 1. The number of hydrogen-bond acceptors (Lipinski definition) is 4. The van der Waals surface area contributed by atoms with Gasteiger partial charge in [0.15, 0.2) is 4.67 Å². The van der Waals surface area contributed by atoms with Crippen LogP contribution in [0.15, 0.2) is 21.2 Å². The molecule has 1 N–H and O–H groups in total. The van der Waals surface area contributed by atoms with Crippen LogP contribution < -0.4 is 0 Å². The predicted octanol–water partition coefficient (Wildman–Crippen LogP) is 3.23. The van der Waals surface area contributed by atoms with E-state index in [9.17, 15) is 9.90 Å². The second-order valence-corrected chi connectivity index (χ2v) is 6.29. The van der Waals surface area contributed by atoms with E-state index in [1.165, 1.54) is 6.92 Å². The topological polar surface area (TPSA) is 59.7 Å². The van der Waals surface area contributed by atoms with Gasteiger partial charge in [-0.1, -0.05) is 0 Å². The molecule has 0 saturated heterocycles. The normalized spacial score (nSPS) is 17.1. The Kier molecular flexibility index (Phi) is 4.28. The summed E-state index contributed by atoms with van der Waals surface area (Å²) in [6.07, 6.45) is 0. The van der Waals surface area contributed by atoms with Crippen LogP contribution in [0.4, 0.5) is 0 Å². The fraction of sp³-hybridized carbons (Fsp3) is 0.615. The van der Waals surface area contributed by atoms with Crippen LogP contribution in [-0.4, -0.2) is 16.7 Å². The molecule has 0 saturated carbocycles. The molecule has 1 aromatic rings. The lowest BCUT2D eigenvalue weighted by Gasteiger charge is -2.29. The Balaban J connectivity index is 2.88. The summed E-state index contributed by atoms with van der Waals surface area (Å²) in [4.78, 5) is 11.9. The highest BCUT2D eigenvalue weighted by molar-refractivity contribution is 9.10. The van der Waals surface area contributed by atoms with E-state index >= 15 is 0 Å². The molecule has 0 aliphatic rings. The first kappa shape index (κ1) is 15.2. The van der Waals surface area contributed by atoms with Gasteiger partial charge in [-0.25, -0.2) is 0 Å². The van der Waals surface area contributed by atoms with E-state index < -0.39 is 23.1 Å². The van der Waals surface area contributed by atoms with Crippen molar-refractivity contribution >= 4 is 21.9 Å². The Morgan fingerprint density at radius 2 is 1.94 bits per heavy atom. The molecule has 0 amide bonds. The lowest BCUT2D eigenvalue weighted by atomic mass is 9.88. The Morgan fingerprint density at radius 1 is 1.39 bits per heavy atom. The Labute approximate surface area is 115 Å². The van der Waals surface area contributed by atoms with E-state index in [0.717, 1.165) is 0 Å². The highest BCUT2D eigenvalue weighted by Crippen LogP contribution is 2.33. The van der Waals surface area contributed by atoms with Gasteiger partial charge in [0.25, 0.3) is 0 Å². The highest BCUT2D eigenvalue weighted by atomic mass is 79.9. The molecule has 4 nitrogen and oxygen atoms in total. The molecule has 0 aromatic carbocycles. The maximum Gasteiger partial charge on any atom is 0.312 e. The first-order chi connectivity index (χ1) is 8.04. The molecule has 0 aliphatic carbocycles. The zero-order valence-electron chi connectivity index (χ0n) is 11.3. The van der Waals surface area contributed by atoms with Gasteiger partial charge < -0.3 is 14.3 Å². The third-order valence-corrected chi connectivity index (χ3v) is 3.10. The largest absolute Gasteiger partial charge is 0.460 e. The minimum Gasteiger partial charge on any atom is -0.460 e. The van der Waals surface area contributed by atoms with Gasteiger partial charge in [-0.15, -0.1) is 0 Å². The fourth-order valence-electron chi connectivity index (χ4n) is 1.42. The minimum absolute atomic E-state index is 0.327. The zero-order valence-corrected chi connectivity index (χ0v) is 12.9. The van der Waals surface area contributed by atoms with Crippen molar-refractivity contribution < 1.29 is 19.1 Å². The summed E-state index contributed by atoms with van der Waals surface area (Å²) in [6.45, 7) is 8.51. The van der Waals surface area contributed by atoms with Crippen LogP contribution in [0.3, 0.4) is 0 Å². The van der Waals surface area contributed by atoms with Gasteiger partial charge in [0, 0.05) is 0 Å². The maximum atomic E-state index is 11.9. The minimum atomic E-state index is -1.41. The highest BCUT2D eigenvalue weighted by Gasteiger charge is 2.40. The van der Waals surface area contributed by atoms with Crippen LogP contribution in [-0.2, 0) is 15.1 Å². The molecule has 102 valence electrons. The lowest BCUT2D eigenvalue weighted by Crippen LogP contribution is -2.39. The van der Waals surface area contributed by atoms with E-state index in [4.69, 9.17) is 9.15 Å². The standard InChI is InChI=1S/C13H19BrO4/c1-8(11(15)18-12(2,3)4)13(5,16)9-6-7-10(14)17-9/h6-8,16H,1-5H3. The van der Waals surface area contributed by atoms with E-state index in [1.807, 2.05) is 0 Å². The number of furan rings is 1. The molecule has 1 aromatic heterocycles. The van der Waals surface area contributed by atoms with Crippen LogP contribution in [0.25, 0.3) is 0 Å². The first-order valence-corrected chi connectivity index (χ1v) is 6.54. The molecule has 1 heterocycles. The van der Waals surface area contributed by atoms with E-state index in [0.29, 0.717) is 10.4 Å². The van der Waals surface area contributed by atoms with Crippen LogP contribution in [0.2, 0.25) is 0 Å². The SMILES string of the molecule is CC(C(=O)OC(C)(C)C)C(C)(O)c1ccc(Br)o1. The van der Waals surface area contributed by atoms with Crippen molar-refractivity contribution in [2.24, 2.45) is 5.92 Å². The van der Waals surface area contributed by atoms with Gasteiger partial charge in [-0.2, -0.15) is 0 Å². The molecule has 5 heteroatoms. The van der Waals surface area contributed by atoms with Gasteiger partial charge in [0.05, 0.1) is 5.92 Å². The average molecular weight is 319 g/mol. The molecule has 2 atom stereocenters. The van der Waals surface area contributed by atoms with Crippen molar-refractivity contribution in [2.75, 3.05) is 0 Å². The van der Waals surface area contributed by atoms with Crippen molar-refractivity contribution in [3.8, 4) is 0 Å². The fourth-order valence-corrected chi connectivity index (χ4v) is 1.73. The monoisotopic (exact) mass is 318 g/mol. The third kappa shape index (κ3) is 3.59. The number of carbonyl (C=O) groups excluding carboxylic acids is 1. The molecule has 18 heavy (non-hydrogen) atoms. The summed E-state index contributed by atoms with van der Waals surface area (Å²) >= 11 is 3.17. The average Bonchev–Trinajstić information content (AvgIpc) is 2.61. The van der Waals surface area contributed by atoms with Crippen molar-refractivity contribution in [1.82, 2.24) is 0 Å². The summed E-state index contributed by atoms with van der Waals surface area (Å²) < 4.78 is 11.1. The zero-order chi connectivity index (χ0) is 14.1. The van der Waals surface area contributed by atoms with Gasteiger partial charge in [-0.3, -0.25) is 4.79 Å². The second-order valence-electron chi connectivity index (χ2n) is 5.51. The molecule has 0 radical (unpaired) electrons. The van der Waals surface area contributed by atoms with Crippen LogP contribution in [0, 0.1) is 5.92 Å². The molecular formula is C13H19BrO4. The number of halogens is 1. The molecule has 1 rings (SSSR count). The van der Waals surface area contributed by atoms with Crippen molar-refractivity contribution in [1.29, 1.82) is 0 Å². The summed E-state index contributed by atoms with van der Waals surface area (Å²) in [5, 5.41) is 10.4. The smallest absolute Gasteiger partial charge is 0.312 e. The summed E-state index contributed by atoms with van der Waals surface area (Å²) in [5.74, 6) is -0.859. The quantitative estimate of drug-likeness (QED) is 0.869. The van der Waals surface area contributed by atoms with E-state index in [2.05, 4.69) is 15.9 Å². The van der Waals surface area contributed by atoms with E-state index in [-0.39, 0.29) is 0 Å². The molecule has 0 fully saturated rings.